The maximum Gasteiger partial charge on any atom is 0.335 e. The van der Waals surface area contributed by atoms with Gasteiger partial charge in [0.25, 0.3) is 5.91 Å². The van der Waals surface area contributed by atoms with E-state index >= 15 is 0 Å². The second kappa shape index (κ2) is 8.85. The number of carbonyl (C=O) groups excluding carboxylic acids is 2. The van der Waals surface area contributed by atoms with Gasteiger partial charge < -0.3 is 10.1 Å². The standard InChI is InChI=1S/C20H14ClN5O3S/c21-14-5-3-13(4-6-14)19-23-25-26(24-19)12-18(27)29-16-9-7-15(8-10-16)22-20(28)17-2-1-11-30-17/h1-11H,12H2,(H,22,28). The molecule has 1 amide bonds. The first kappa shape index (κ1) is 19.7. The Morgan fingerprint density at radius 3 is 2.53 bits per heavy atom. The molecule has 0 fully saturated rings. The zero-order chi connectivity index (χ0) is 20.9. The number of halogens is 1. The molecular weight excluding hydrogens is 426 g/mol. The van der Waals surface area contributed by atoms with Crippen molar-refractivity contribution in [3.8, 4) is 17.1 Å². The minimum absolute atomic E-state index is 0.191. The van der Waals surface area contributed by atoms with E-state index in [-0.39, 0.29) is 12.5 Å². The highest BCUT2D eigenvalue weighted by atomic mass is 35.5. The Kier molecular flexibility index (Phi) is 5.82. The first-order valence-corrected chi connectivity index (χ1v) is 10.0. The average molecular weight is 440 g/mol. The third kappa shape index (κ3) is 4.88. The number of anilines is 1. The van der Waals surface area contributed by atoms with E-state index in [0.717, 1.165) is 10.4 Å². The molecule has 4 rings (SSSR count). The normalized spacial score (nSPS) is 10.6. The number of esters is 1. The van der Waals surface area contributed by atoms with E-state index in [2.05, 4.69) is 20.7 Å². The van der Waals surface area contributed by atoms with Gasteiger partial charge in [0, 0.05) is 16.3 Å². The fourth-order valence-corrected chi connectivity index (χ4v) is 3.26. The first-order chi connectivity index (χ1) is 14.6. The number of amides is 1. The second-order valence-electron chi connectivity index (χ2n) is 6.08. The van der Waals surface area contributed by atoms with Crippen molar-refractivity contribution in [3.05, 3.63) is 75.9 Å². The predicted molar refractivity (Wildman–Crippen MR) is 113 cm³/mol. The lowest BCUT2D eigenvalue weighted by Gasteiger charge is -2.06. The van der Waals surface area contributed by atoms with Crippen LogP contribution in [0.15, 0.2) is 66.0 Å². The zero-order valence-electron chi connectivity index (χ0n) is 15.4. The largest absolute Gasteiger partial charge is 0.425 e. The minimum Gasteiger partial charge on any atom is -0.425 e. The topological polar surface area (TPSA) is 99.0 Å². The third-order valence-corrected chi connectivity index (χ3v) is 5.04. The number of rotatable bonds is 6. The summed E-state index contributed by atoms with van der Waals surface area (Å²) < 4.78 is 5.29. The van der Waals surface area contributed by atoms with Crippen LogP contribution < -0.4 is 10.1 Å². The molecule has 1 N–H and O–H groups in total. The maximum absolute atomic E-state index is 12.2. The van der Waals surface area contributed by atoms with Gasteiger partial charge in [0.05, 0.1) is 4.88 Å². The summed E-state index contributed by atoms with van der Waals surface area (Å²) in [5, 5.41) is 17.2. The molecule has 0 saturated heterocycles. The first-order valence-electron chi connectivity index (χ1n) is 8.76. The lowest BCUT2D eigenvalue weighted by Crippen LogP contribution is -2.18. The van der Waals surface area contributed by atoms with Crippen LogP contribution in [-0.2, 0) is 11.3 Å². The van der Waals surface area contributed by atoms with Crippen LogP contribution in [-0.4, -0.2) is 32.1 Å². The molecule has 2 aromatic carbocycles. The number of benzene rings is 2. The molecule has 0 bridgehead atoms. The molecule has 4 aromatic rings. The Bertz CT molecular complexity index is 1160. The Hall–Kier alpha value is -3.56. The van der Waals surface area contributed by atoms with Crippen LogP contribution in [0.5, 0.6) is 5.75 Å². The molecular formula is C20H14ClN5O3S. The molecule has 0 atom stereocenters. The number of nitrogens with zero attached hydrogens (tertiary/aromatic N) is 4. The lowest BCUT2D eigenvalue weighted by atomic mass is 10.2. The summed E-state index contributed by atoms with van der Waals surface area (Å²) in [6.07, 6.45) is 0. The van der Waals surface area contributed by atoms with E-state index in [9.17, 15) is 9.59 Å². The quantitative estimate of drug-likeness (QED) is 0.361. The molecule has 10 heteroatoms. The summed E-state index contributed by atoms with van der Waals surface area (Å²) >= 11 is 7.22. The average Bonchev–Trinajstić information content (AvgIpc) is 3.42. The van der Waals surface area contributed by atoms with Gasteiger partial charge in [-0.05, 0) is 65.2 Å². The van der Waals surface area contributed by atoms with Crippen molar-refractivity contribution in [1.82, 2.24) is 20.2 Å². The number of hydrogen-bond donors (Lipinski definition) is 1. The van der Waals surface area contributed by atoms with Crippen molar-refractivity contribution in [2.24, 2.45) is 0 Å². The van der Waals surface area contributed by atoms with Crippen molar-refractivity contribution < 1.29 is 14.3 Å². The van der Waals surface area contributed by atoms with Gasteiger partial charge in [-0.3, -0.25) is 4.79 Å². The van der Waals surface area contributed by atoms with Gasteiger partial charge >= 0.3 is 5.97 Å². The van der Waals surface area contributed by atoms with Gasteiger partial charge in [0.2, 0.25) is 5.82 Å². The fraction of sp³-hybridized carbons (Fsp3) is 0.0500. The van der Waals surface area contributed by atoms with Gasteiger partial charge in [-0.15, -0.1) is 21.5 Å². The van der Waals surface area contributed by atoms with E-state index in [1.165, 1.54) is 11.3 Å². The summed E-state index contributed by atoms with van der Waals surface area (Å²) in [5.74, 6) is -0.0219. The number of ether oxygens (including phenoxy) is 1. The molecule has 0 aliphatic rings. The smallest absolute Gasteiger partial charge is 0.335 e. The van der Waals surface area contributed by atoms with Crippen LogP contribution in [0, 0.1) is 0 Å². The summed E-state index contributed by atoms with van der Waals surface area (Å²) in [6.45, 7) is -0.197. The highest BCUT2D eigenvalue weighted by Gasteiger charge is 2.12. The van der Waals surface area contributed by atoms with Gasteiger partial charge in [-0.2, -0.15) is 4.80 Å². The molecule has 8 nitrogen and oxygen atoms in total. The SMILES string of the molecule is O=C(Cn1nnc(-c2ccc(Cl)cc2)n1)Oc1ccc(NC(=O)c2cccs2)cc1. The number of tetrazole rings is 1. The number of hydrogen-bond acceptors (Lipinski definition) is 7. The molecule has 30 heavy (non-hydrogen) atoms. The van der Waals surface area contributed by atoms with Gasteiger partial charge in [-0.25, -0.2) is 4.79 Å². The number of nitrogens with one attached hydrogen (secondary N) is 1. The van der Waals surface area contributed by atoms with Crippen LogP contribution in [0.3, 0.4) is 0 Å². The van der Waals surface area contributed by atoms with Crippen molar-refractivity contribution in [1.29, 1.82) is 0 Å². The molecule has 2 heterocycles. The molecule has 0 spiro atoms. The van der Waals surface area contributed by atoms with Crippen LogP contribution >= 0.6 is 22.9 Å². The minimum atomic E-state index is -0.551. The zero-order valence-corrected chi connectivity index (χ0v) is 16.9. The molecule has 2 aromatic heterocycles. The number of aromatic nitrogens is 4. The summed E-state index contributed by atoms with van der Waals surface area (Å²) in [7, 11) is 0. The molecule has 0 unspecified atom stereocenters. The molecule has 0 aliphatic heterocycles. The van der Waals surface area contributed by atoms with Gasteiger partial charge in [0.15, 0.2) is 6.54 Å². The van der Waals surface area contributed by atoms with E-state index in [0.29, 0.717) is 27.2 Å². The Balaban J connectivity index is 1.33. The second-order valence-corrected chi connectivity index (χ2v) is 7.46. The molecule has 0 saturated carbocycles. The van der Waals surface area contributed by atoms with E-state index in [1.807, 2.05) is 11.4 Å². The lowest BCUT2D eigenvalue weighted by molar-refractivity contribution is -0.135. The van der Waals surface area contributed by atoms with Crippen LogP contribution in [0.25, 0.3) is 11.4 Å². The van der Waals surface area contributed by atoms with E-state index < -0.39 is 5.97 Å². The highest BCUT2D eigenvalue weighted by molar-refractivity contribution is 7.12. The monoisotopic (exact) mass is 439 g/mol. The van der Waals surface area contributed by atoms with Gasteiger partial charge in [-0.1, -0.05) is 17.7 Å². The third-order valence-electron chi connectivity index (χ3n) is 3.91. The molecule has 150 valence electrons. The maximum atomic E-state index is 12.2. The van der Waals surface area contributed by atoms with Crippen molar-refractivity contribution >= 4 is 40.5 Å². The molecule has 0 aliphatic carbocycles. The number of thiophene rings is 1. The van der Waals surface area contributed by atoms with Crippen LogP contribution in [0.1, 0.15) is 9.67 Å². The van der Waals surface area contributed by atoms with Crippen molar-refractivity contribution in [3.63, 3.8) is 0 Å². The molecule has 0 radical (unpaired) electrons. The van der Waals surface area contributed by atoms with Crippen LogP contribution in [0.4, 0.5) is 5.69 Å². The Morgan fingerprint density at radius 2 is 1.83 bits per heavy atom. The summed E-state index contributed by atoms with van der Waals surface area (Å²) in [5.41, 5.74) is 1.33. The van der Waals surface area contributed by atoms with Crippen molar-refractivity contribution in [2.75, 3.05) is 5.32 Å². The predicted octanol–water partition coefficient (Wildman–Crippen LogP) is 3.91. The van der Waals surface area contributed by atoms with Crippen molar-refractivity contribution in [2.45, 2.75) is 6.54 Å². The fourth-order valence-electron chi connectivity index (χ4n) is 2.51. The number of carbonyl (C=O) groups is 2. The van der Waals surface area contributed by atoms with Gasteiger partial charge in [0.1, 0.15) is 5.75 Å². The summed E-state index contributed by atoms with van der Waals surface area (Å²) in [6, 6.07) is 17.0. The highest BCUT2D eigenvalue weighted by Crippen LogP contribution is 2.19. The Morgan fingerprint density at radius 1 is 1.07 bits per heavy atom. The van der Waals surface area contributed by atoms with E-state index in [4.69, 9.17) is 16.3 Å². The Labute approximate surface area is 180 Å². The summed E-state index contributed by atoms with van der Waals surface area (Å²) in [4.78, 5) is 26.0. The van der Waals surface area contributed by atoms with Crippen LogP contribution in [0.2, 0.25) is 5.02 Å². The van der Waals surface area contributed by atoms with E-state index in [1.54, 1.807) is 54.6 Å².